The number of nitrogens with zero attached hydrogens (tertiary/aromatic N) is 2. The molecule has 0 unspecified atom stereocenters. The molecule has 0 saturated carbocycles. The number of unbranched alkanes of at least 4 members (excludes halogenated alkanes) is 3. The van der Waals surface area contributed by atoms with Crippen LogP contribution >= 0.6 is 0 Å². The van der Waals surface area contributed by atoms with E-state index in [1.807, 2.05) is 0 Å². The summed E-state index contributed by atoms with van der Waals surface area (Å²) in [6.07, 6.45) is 6.32. The summed E-state index contributed by atoms with van der Waals surface area (Å²) in [5, 5.41) is 0. The summed E-state index contributed by atoms with van der Waals surface area (Å²) in [5.74, 6) is 1.73. The van der Waals surface area contributed by atoms with Crippen LogP contribution in [-0.2, 0) is 20.3 Å². The first-order chi connectivity index (χ1) is 20.8. The van der Waals surface area contributed by atoms with Gasteiger partial charge in [-0.1, -0.05) is 147 Å². The third-order valence-corrected chi connectivity index (χ3v) is 8.82. The quantitative estimate of drug-likeness (QED) is 0.156. The lowest BCUT2D eigenvalue weighted by atomic mass is 9.69. The number of benzene rings is 4. The van der Waals surface area contributed by atoms with Gasteiger partial charge in [0.25, 0.3) is 0 Å². The molecule has 0 atom stereocenters. The summed E-state index contributed by atoms with van der Waals surface area (Å²) in [5.41, 5.74) is 4.26. The van der Waals surface area contributed by atoms with Gasteiger partial charge >= 0.3 is 0 Å². The van der Waals surface area contributed by atoms with E-state index >= 15 is 0 Å². The number of aliphatic imine (C=N–C) groups is 2. The van der Waals surface area contributed by atoms with Crippen LogP contribution in [0, 0.1) is 0 Å². The van der Waals surface area contributed by atoms with E-state index in [1.54, 1.807) is 0 Å². The normalized spacial score (nSPS) is 15.0. The van der Waals surface area contributed by atoms with Crippen LogP contribution in [0.4, 0.5) is 0 Å². The van der Waals surface area contributed by atoms with E-state index in [4.69, 9.17) is 19.5 Å². The molecule has 4 aromatic rings. The van der Waals surface area contributed by atoms with Crippen molar-refractivity contribution in [1.29, 1.82) is 0 Å². The topological polar surface area (TPSA) is 43.2 Å². The van der Waals surface area contributed by atoms with Crippen molar-refractivity contribution in [3.63, 3.8) is 0 Å². The van der Waals surface area contributed by atoms with Crippen molar-refractivity contribution in [1.82, 2.24) is 0 Å². The summed E-state index contributed by atoms with van der Waals surface area (Å²) in [7, 11) is 0. The van der Waals surface area contributed by atoms with Gasteiger partial charge in [-0.05, 0) is 35.1 Å². The molecule has 4 aromatic carbocycles. The fraction of sp³-hybridized carbons (Fsp3) is 0.316. The second-order valence-electron chi connectivity index (χ2n) is 11.3. The summed E-state index contributed by atoms with van der Waals surface area (Å²) in [6, 6.07) is 43.2. The van der Waals surface area contributed by atoms with Gasteiger partial charge in [0.2, 0.25) is 0 Å². The average molecular weight is 557 g/mol. The summed E-state index contributed by atoms with van der Waals surface area (Å²) < 4.78 is 12.5. The Bertz CT molecular complexity index is 1270. The van der Waals surface area contributed by atoms with Crippen molar-refractivity contribution in [2.45, 2.75) is 49.4 Å². The molecule has 0 radical (unpaired) electrons. The maximum absolute atomic E-state index is 6.23. The molecule has 0 aliphatic carbocycles. The first-order valence-electron chi connectivity index (χ1n) is 15.4. The molecule has 0 spiro atoms. The molecule has 2 heterocycles. The van der Waals surface area contributed by atoms with Gasteiger partial charge < -0.3 is 9.47 Å². The molecular weight excluding hydrogens is 516 g/mol. The van der Waals surface area contributed by atoms with Crippen LogP contribution in [0.1, 0.15) is 60.8 Å². The summed E-state index contributed by atoms with van der Waals surface area (Å²) in [6.45, 7) is 2.76. The third kappa shape index (κ3) is 5.51. The number of hydrogen-bond acceptors (Lipinski definition) is 4. The molecule has 214 valence electrons. The van der Waals surface area contributed by atoms with Gasteiger partial charge in [-0.15, -0.1) is 0 Å². The Kier molecular flexibility index (Phi) is 8.79. The molecule has 4 nitrogen and oxygen atoms in total. The van der Waals surface area contributed by atoms with Crippen LogP contribution in [0.15, 0.2) is 131 Å². The highest BCUT2D eigenvalue weighted by Gasteiger charge is 2.43. The van der Waals surface area contributed by atoms with Gasteiger partial charge in [-0.3, -0.25) is 9.98 Å². The van der Waals surface area contributed by atoms with E-state index in [1.165, 1.54) is 22.3 Å². The maximum atomic E-state index is 6.23. The van der Waals surface area contributed by atoms with E-state index in [-0.39, 0.29) is 10.8 Å². The molecule has 2 aliphatic heterocycles. The molecule has 2 aliphatic rings. The minimum Gasteiger partial charge on any atom is -0.478 e. The highest BCUT2D eigenvalue weighted by molar-refractivity contribution is 5.93. The Labute approximate surface area is 250 Å². The van der Waals surface area contributed by atoms with Crippen LogP contribution < -0.4 is 0 Å². The fourth-order valence-electron chi connectivity index (χ4n) is 6.83. The number of rotatable bonds is 13. The lowest BCUT2D eigenvalue weighted by molar-refractivity contribution is 0.310. The summed E-state index contributed by atoms with van der Waals surface area (Å²) >= 11 is 0. The fourth-order valence-corrected chi connectivity index (χ4v) is 6.83. The van der Waals surface area contributed by atoms with E-state index in [0.717, 1.165) is 63.4 Å². The second kappa shape index (κ2) is 13.2. The van der Waals surface area contributed by atoms with Gasteiger partial charge in [0, 0.05) is 0 Å². The lowest BCUT2D eigenvalue weighted by Crippen LogP contribution is -2.38. The largest absolute Gasteiger partial charge is 0.478 e. The molecule has 0 bridgehead atoms. The van der Waals surface area contributed by atoms with Crippen molar-refractivity contribution in [3.8, 4) is 0 Å². The van der Waals surface area contributed by atoms with Gasteiger partial charge in [0.1, 0.15) is 13.2 Å². The maximum Gasteiger partial charge on any atom is 0.198 e. The molecule has 0 saturated heterocycles. The van der Waals surface area contributed by atoms with Gasteiger partial charge in [-0.2, -0.15) is 0 Å². The second-order valence-corrected chi connectivity index (χ2v) is 11.3. The highest BCUT2D eigenvalue weighted by Crippen LogP contribution is 2.42. The SMILES string of the molecule is c1ccc(C(CCCCCCC(C2=NCCO2)(c2ccccc2)c2ccccc2)(C2=NCCO2)c2ccccc2)cc1. The van der Waals surface area contributed by atoms with Crippen LogP contribution in [0.2, 0.25) is 0 Å². The van der Waals surface area contributed by atoms with E-state index in [0.29, 0.717) is 13.2 Å². The predicted molar refractivity (Wildman–Crippen MR) is 172 cm³/mol. The molecular formula is C38H40N2O2. The molecule has 6 rings (SSSR count). The zero-order valence-corrected chi connectivity index (χ0v) is 24.3. The molecule has 42 heavy (non-hydrogen) atoms. The van der Waals surface area contributed by atoms with Crippen LogP contribution in [0.3, 0.4) is 0 Å². The Morgan fingerprint density at radius 3 is 1.00 bits per heavy atom. The van der Waals surface area contributed by atoms with Crippen LogP contribution in [0.5, 0.6) is 0 Å². The van der Waals surface area contributed by atoms with Crippen molar-refractivity contribution >= 4 is 11.8 Å². The van der Waals surface area contributed by atoms with Crippen LogP contribution in [0.25, 0.3) is 0 Å². The zero-order valence-electron chi connectivity index (χ0n) is 24.3. The number of ether oxygens (including phenoxy) is 2. The molecule has 0 N–H and O–H groups in total. The monoisotopic (exact) mass is 556 g/mol. The Hall–Kier alpha value is -4.18. The minimum absolute atomic E-state index is 0.372. The average Bonchev–Trinajstić information content (AvgIpc) is 3.81. The van der Waals surface area contributed by atoms with E-state index in [9.17, 15) is 0 Å². The Morgan fingerprint density at radius 1 is 0.429 bits per heavy atom. The number of hydrogen-bond donors (Lipinski definition) is 0. The molecule has 0 aromatic heterocycles. The summed E-state index contributed by atoms with van der Waals surface area (Å²) in [4.78, 5) is 9.77. The van der Waals surface area contributed by atoms with Crippen molar-refractivity contribution in [2.24, 2.45) is 9.98 Å². The van der Waals surface area contributed by atoms with Gasteiger partial charge in [-0.25, -0.2) is 0 Å². The first-order valence-corrected chi connectivity index (χ1v) is 15.4. The molecule has 0 fully saturated rings. The first kappa shape index (κ1) is 28.0. The third-order valence-electron chi connectivity index (χ3n) is 8.82. The van der Waals surface area contributed by atoms with E-state index < -0.39 is 0 Å². The van der Waals surface area contributed by atoms with Gasteiger partial charge in [0.15, 0.2) is 11.8 Å². The molecule has 0 amide bonds. The van der Waals surface area contributed by atoms with E-state index in [2.05, 4.69) is 121 Å². The lowest BCUT2D eigenvalue weighted by Gasteiger charge is -2.35. The standard InChI is InChI=1S/C38H40N2O2/c1(15-25-37(35-39-27-29-41-35,31-17-7-3-8-18-31)32-19-9-4-10-20-32)2-16-26-38(36-40-28-30-42-36,33-21-11-5-12-22-33)34-23-13-6-14-24-34/h3-14,17-24H,1-2,15-16,25-30H2. The van der Waals surface area contributed by atoms with Gasteiger partial charge in [0.05, 0.1) is 23.9 Å². The minimum atomic E-state index is -0.372. The van der Waals surface area contributed by atoms with Crippen LogP contribution in [-0.4, -0.2) is 38.1 Å². The zero-order chi connectivity index (χ0) is 28.5. The van der Waals surface area contributed by atoms with Crippen molar-refractivity contribution in [2.75, 3.05) is 26.3 Å². The predicted octanol–water partition coefficient (Wildman–Crippen LogP) is 8.16. The van der Waals surface area contributed by atoms with Crippen molar-refractivity contribution in [3.05, 3.63) is 144 Å². The Morgan fingerprint density at radius 2 is 0.738 bits per heavy atom. The smallest absolute Gasteiger partial charge is 0.198 e. The highest BCUT2D eigenvalue weighted by atomic mass is 16.5. The molecule has 4 heteroatoms. The Balaban J connectivity index is 1.22. The van der Waals surface area contributed by atoms with Crippen molar-refractivity contribution < 1.29 is 9.47 Å².